The number of halogens is 2. The van der Waals surface area contributed by atoms with Crippen LogP contribution in [0.4, 0.5) is 0 Å². The minimum atomic E-state index is -0.458. The molecule has 0 aliphatic heterocycles. The molecule has 2 rings (SSSR count). The van der Waals surface area contributed by atoms with Gasteiger partial charge in [0.05, 0.1) is 18.2 Å². The van der Waals surface area contributed by atoms with Gasteiger partial charge in [-0.05, 0) is 30.7 Å². The van der Waals surface area contributed by atoms with Crippen molar-refractivity contribution in [2.45, 2.75) is 13.3 Å². The van der Waals surface area contributed by atoms with Crippen LogP contribution in [-0.4, -0.2) is 11.8 Å². The third-order valence-corrected chi connectivity index (χ3v) is 3.53. The van der Waals surface area contributed by atoms with E-state index in [1.165, 1.54) is 12.3 Å². The molecule has 0 spiro atoms. The summed E-state index contributed by atoms with van der Waals surface area (Å²) < 4.78 is 5.01. The van der Waals surface area contributed by atoms with Crippen molar-refractivity contribution in [2.75, 3.05) is 0 Å². The Balaban J connectivity index is 1.94. The molecule has 1 aromatic heterocycles. The Morgan fingerprint density at radius 3 is 2.38 bits per heavy atom. The first-order valence-electron chi connectivity index (χ1n) is 6.05. The standard InChI is InChI=1S/C14H12Cl2N2O3/c1-8-9(5-6-21-8)14(20)18-17-13(19)7-10-11(15)3-2-4-12(10)16/h2-6H,7H2,1H3,(H,17,19)(H,18,20). The quantitative estimate of drug-likeness (QED) is 0.852. The van der Waals surface area contributed by atoms with Gasteiger partial charge in [-0.1, -0.05) is 29.3 Å². The van der Waals surface area contributed by atoms with Crippen LogP contribution >= 0.6 is 23.2 Å². The SMILES string of the molecule is Cc1occc1C(=O)NNC(=O)Cc1c(Cl)cccc1Cl. The summed E-state index contributed by atoms with van der Waals surface area (Å²) in [5.41, 5.74) is 5.46. The zero-order chi connectivity index (χ0) is 15.4. The molecular weight excluding hydrogens is 315 g/mol. The zero-order valence-electron chi connectivity index (χ0n) is 11.1. The number of hydrogen-bond donors (Lipinski definition) is 2. The summed E-state index contributed by atoms with van der Waals surface area (Å²) in [5, 5.41) is 0.796. The highest BCUT2D eigenvalue weighted by atomic mass is 35.5. The monoisotopic (exact) mass is 326 g/mol. The normalized spacial score (nSPS) is 10.2. The molecule has 0 unspecified atom stereocenters. The molecule has 1 heterocycles. The molecule has 0 aliphatic carbocycles. The molecule has 5 nitrogen and oxygen atoms in total. The summed E-state index contributed by atoms with van der Waals surface area (Å²) in [6.07, 6.45) is 1.36. The second-order valence-corrected chi connectivity index (χ2v) is 5.08. The number of hydrazine groups is 1. The maximum absolute atomic E-state index is 11.8. The number of hydrogen-bond acceptors (Lipinski definition) is 3. The summed E-state index contributed by atoms with van der Waals surface area (Å²) in [6.45, 7) is 1.65. The fraction of sp³-hybridized carbons (Fsp3) is 0.143. The molecule has 2 aromatic rings. The number of rotatable bonds is 3. The van der Waals surface area contributed by atoms with Gasteiger partial charge in [0.25, 0.3) is 5.91 Å². The molecule has 2 N–H and O–H groups in total. The van der Waals surface area contributed by atoms with Crippen molar-refractivity contribution in [1.29, 1.82) is 0 Å². The molecule has 7 heteroatoms. The predicted molar refractivity (Wildman–Crippen MR) is 79.2 cm³/mol. The van der Waals surface area contributed by atoms with E-state index in [2.05, 4.69) is 10.9 Å². The van der Waals surface area contributed by atoms with Crippen LogP contribution < -0.4 is 10.9 Å². The lowest BCUT2D eigenvalue weighted by Gasteiger charge is -2.09. The van der Waals surface area contributed by atoms with Gasteiger partial charge >= 0.3 is 0 Å². The number of carbonyl (C=O) groups is 2. The lowest BCUT2D eigenvalue weighted by atomic mass is 10.1. The molecule has 0 saturated heterocycles. The molecule has 0 bridgehead atoms. The van der Waals surface area contributed by atoms with Crippen molar-refractivity contribution >= 4 is 35.0 Å². The van der Waals surface area contributed by atoms with Gasteiger partial charge in [0.2, 0.25) is 5.91 Å². The molecular formula is C14H12Cl2N2O3. The minimum absolute atomic E-state index is 0.0385. The van der Waals surface area contributed by atoms with Crippen LogP contribution in [0.25, 0.3) is 0 Å². The van der Waals surface area contributed by atoms with Crippen LogP contribution in [0, 0.1) is 6.92 Å². The van der Waals surface area contributed by atoms with E-state index in [-0.39, 0.29) is 6.42 Å². The lowest BCUT2D eigenvalue weighted by molar-refractivity contribution is -0.121. The van der Waals surface area contributed by atoms with Crippen LogP contribution in [0.3, 0.4) is 0 Å². The Bertz CT molecular complexity index is 662. The number of carbonyl (C=O) groups excluding carboxylic acids is 2. The highest BCUT2D eigenvalue weighted by Gasteiger charge is 2.14. The summed E-state index contributed by atoms with van der Waals surface area (Å²) in [6, 6.07) is 6.49. The van der Waals surface area contributed by atoms with Gasteiger partial charge in [-0.25, -0.2) is 0 Å². The van der Waals surface area contributed by atoms with Crippen LogP contribution in [0.5, 0.6) is 0 Å². The van der Waals surface area contributed by atoms with Crippen molar-refractivity contribution < 1.29 is 14.0 Å². The summed E-state index contributed by atoms with van der Waals surface area (Å²) >= 11 is 11.9. The van der Waals surface area contributed by atoms with Gasteiger partial charge in [0.1, 0.15) is 5.76 Å². The van der Waals surface area contributed by atoms with E-state index in [9.17, 15) is 9.59 Å². The van der Waals surface area contributed by atoms with Crippen LogP contribution in [0.2, 0.25) is 10.0 Å². The fourth-order valence-corrected chi connectivity index (χ4v) is 2.25. The average molecular weight is 327 g/mol. The number of furan rings is 1. The predicted octanol–water partition coefficient (Wildman–Crippen LogP) is 2.90. The first kappa shape index (κ1) is 15.4. The van der Waals surface area contributed by atoms with Crippen molar-refractivity contribution in [3.8, 4) is 0 Å². The van der Waals surface area contributed by atoms with Crippen LogP contribution in [0.15, 0.2) is 34.9 Å². The van der Waals surface area contributed by atoms with Crippen molar-refractivity contribution in [3.05, 3.63) is 57.5 Å². The Kier molecular flexibility index (Phi) is 4.88. The van der Waals surface area contributed by atoms with E-state index < -0.39 is 11.8 Å². The molecule has 1 aromatic carbocycles. The van der Waals surface area contributed by atoms with Gasteiger partial charge < -0.3 is 4.42 Å². The smallest absolute Gasteiger partial charge is 0.273 e. The van der Waals surface area contributed by atoms with Gasteiger partial charge in [-0.3, -0.25) is 20.4 Å². The van der Waals surface area contributed by atoms with Crippen molar-refractivity contribution in [2.24, 2.45) is 0 Å². The van der Waals surface area contributed by atoms with Gasteiger partial charge in [0, 0.05) is 10.0 Å². The van der Waals surface area contributed by atoms with Gasteiger partial charge in [0.15, 0.2) is 0 Å². The van der Waals surface area contributed by atoms with Gasteiger partial charge in [-0.15, -0.1) is 0 Å². The molecule has 0 fully saturated rings. The van der Waals surface area contributed by atoms with E-state index >= 15 is 0 Å². The average Bonchev–Trinajstić information content (AvgIpc) is 2.87. The molecule has 0 aliphatic rings. The Morgan fingerprint density at radius 1 is 1.14 bits per heavy atom. The zero-order valence-corrected chi connectivity index (χ0v) is 12.6. The van der Waals surface area contributed by atoms with E-state index in [0.29, 0.717) is 26.9 Å². The number of benzene rings is 1. The number of aryl methyl sites for hydroxylation is 1. The number of nitrogens with one attached hydrogen (secondary N) is 2. The fourth-order valence-electron chi connectivity index (χ4n) is 1.72. The van der Waals surface area contributed by atoms with Crippen LogP contribution in [-0.2, 0) is 11.2 Å². The van der Waals surface area contributed by atoms with Crippen LogP contribution in [0.1, 0.15) is 21.7 Å². The molecule has 0 saturated carbocycles. The van der Waals surface area contributed by atoms with Crippen molar-refractivity contribution in [1.82, 2.24) is 10.9 Å². The topological polar surface area (TPSA) is 71.3 Å². The largest absolute Gasteiger partial charge is 0.469 e. The third kappa shape index (κ3) is 3.77. The maximum atomic E-state index is 11.8. The second-order valence-electron chi connectivity index (χ2n) is 4.27. The molecule has 110 valence electrons. The second kappa shape index (κ2) is 6.65. The minimum Gasteiger partial charge on any atom is -0.469 e. The van der Waals surface area contributed by atoms with Gasteiger partial charge in [-0.2, -0.15) is 0 Å². The first-order valence-corrected chi connectivity index (χ1v) is 6.81. The Hall–Kier alpha value is -1.98. The molecule has 0 radical (unpaired) electrons. The number of amides is 2. The molecule has 2 amide bonds. The highest BCUT2D eigenvalue weighted by molar-refractivity contribution is 6.36. The highest BCUT2D eigenvalue weighted by Crippen LogP contribution is 2.24. The summed E-state index contributed by atoms with van der Waals surface area (Å²) in [5.74, 6) is -0.421. The van der Waals surface area contributed by atoms with E-state index in [4.69, 9.17) is 27.6 Å². The third-order valence-electron chi connectivity index (χ3n) is 2.82. The molecule has 0 atom stereocenters. The Morgan fingerprint density at radius 2 is 1.81 bits per heavy atom. The molecule has 21 heavy (non-hydrogen) atoms. The summed E-state index contributed by atoms with van der Waals surface area (Å²) in [7, 11) is 0. The maximum Gasteiger partial charge on any atom is 0.273 e. The van der Waals surface area contributed by atoms with E-state index in [1.807, 2.05) is 0 Å². The Labute approximate surface area is 131 Å². The van der Waals surface area contributed by atoms with Crippen molar-refractivity contribution in [3.63, 3.8) is 0 Å². The first-order chi connectivity index (χ1) is 9.99. The summed E-state index contributed by atoms with van der Waals surface area (Å²) in [4.78, 5) is 23.6. The lowest BCUT2D eigenvalue weighted by Crippen LogP contribution is -2.42. The van der Waals surface area contributed by atoms with E-state index in [0.717, 1.165) is 0 Å². The van der Waals surface area contributed by atoms with E-state index in [1.54, 1.807) is 25.1 Å².